The molecule has 0 saturated heterocycles. The standard InChI is InChI=1S/C27H34N2O4Si/c1-4-31-34(32-5-2,33-6-3)18-8-17-28-27(30)29-19-23-14-13-22-12-11-20-9-7-10-21-15-16-24(23)26(22)25(20)21/h7,9-16H,4-6,8,17-19H2,1-3H3,(H2,28,29,30). The average molecular weight is 479 g/mol. The van der Waals surface area contributed by atoms with E-state index in [9.17, 15) is 4.79 Å². The SMILES string of the molecule is CCO[Si](CCCNC(=O)NCc1ccc2ccc3cccc4ccc1c2c34)(OCC)OCC. The van der Waals surface area contributed by atoms with Crippen LogP contribution in [0.1, 0.15) is 32.8 Å². The van der Waals surface area contributed by atoms with E-state index in [1.54, 1.807) is 0 Å². The Balaban J connectivity index is 1.37. The van der Waals surface area contributed by atoms with Crippen molar-refractivity contribution in [3.8, 4) is 0 Å². The van der Waals surface area contributed by atoms with Gasteiger partial charge in [-0.2, -0.15) is 0 Å². The highest BCUT2D eigenvalue weighted by Gasteiger charge is 2.39. The summed E-state index contributed by atoms with van der Waals surface area (Å²) in [5.74, 6) is 0. The first-order valence-electron chi connectivity index (χ1n) is 12.2. The van der Waals surface area contributed by atoms with Crippen LogP contribution in [0.2, 0.25) is 6.04 Å². The Kier molecular flexibility index (Phi) is 8.00. The van der Waals surface area contributed by atoms with Gasteiger partial charge in [0, 0.05) is 39.0 Å². The Morgan fingerprint density at radius 1 is 0.765 bits per heavy atom. The molecule has 2 amide bonds. The molecule has 7 heteroatoms. The Bertz CT molecular complexity index is 1210. The second-order valence-corrected chi connectivity index (χ2v) is 11.0. The number of carbonyl (C=O) groups is 1. The van der Waals surface area contributed by atoms with Gasteiger partial charge in [0.2, 0.25) is 0 Å². The van der Waals surface area contributed by atoms with Crippen molar-refractivity contribution in [2.24, 2.45) is 0 Å². The van der Waals surface area contributed by atoms with Crippen molar-refractivity contribution in [3.63, 3.8) is 0 Å². The van der Waals surface area contributed by atoms with Crippen molar-refractivity contribution >= 4 is 47.2 Å². The summed E-state index contributed by atoms with van der Waals surface area (Å²) in [6, 6.07) is 19.8. The van der Waals surface area contributed by atoms with Crippen LogP contribution in [0.4, 0.5) is 4.79 Å². The van der Waals surface area contributed by atoms with Crippen LogP contribution in [-0.2, 0) is 19.8 Å². The van der Waals surface area contributed by atoms with Crippen LogP contribution < -0.4 is 10.6 Å². The van der Waals surface area contributed by atoms with Crippen LogP contribution in [0.5, 0.6) is 0 Å². The molecule has 0 saturated carbocycles. The van der Waals surface area contributed by atoms with E-state index in [1.807, 2.05) is 20.8 Å². The van der Waals surface area contributed by atoms with Crippen molar-refractivity contribution in [2.75, 3.05) is 26.4 Å². The first-order chi connectivity index (χ1) is 16.6. The number of hydrogen-bond acceptors (Lipinski definition) is 4. The molecule has 0 spiro atoms. The minimum atomic E-state index is -2.67. The molecular formula is C27H34N2O4Si. The molecule has 0 aliphatic carbocycles. The minimum Gasteiger partial charge on any atom is -0.374 e. The number of rotatable bonds is 12. The average Bonchev–Trinajstić information content (AvgIpc) is 2.85. The molecule has 4 aromatic rings. The third-order valence-corrected chi connectivity index (χ3v) is 9.25. The monoisotopic (exact) mass is 478 g/mol. The van der Waals surface area contributed by atoms with Gasteiger partial charge >= 0.3 is 14.8 Å². The quantitative estimate of drug-likeness (QED) is 0.153. The summed E-state index contributed by atoms with van der Waals surface area (Å²) >= 11 is 0. The first kappa shape index (κ1) is 24.4. The molecule has 4 rings (SSSR count). The number of benzene rings is 4. The maximum absolute atomic E-state index is 12.5. The molecule has 180 valence electrons. The molecular weight excluding hydrogens is 444 g/mol. The maximum Gasteiger partial charge on any atom is 0.500 e. The summed E-state index contributed by atoms with van der Waals surface area (Å²) < 4.78 is 17.6. The summed E-state index contributed by atoms with van der Waals surface area (Å²) in [5, 5.41) is 13.4. The summed E-state index contributed by atoms with van der Waals surface area (Å²) in [5.41, 5.74) is 1.11. The smallest absolute Gasteiger partial charge is 0.374 e. The van der Waals surface area contributed by atoms with E-state index < -0.39 is 8.80 Å². The highest BCUT2D eigenvalue weighted by Crippen LogP contribution is 2.35. The van der Waals surface area contributed by atoms with E-state index in [1.165, 1.54) is 32.3 Å². The summed E-state index contributed by atoms with van der Waals surface area (Å²) in [7, 11) is -2.67. The zero-order chi connectivity index (χ0) is 24.0. The van der Waals surface area contributed by atoms with Gasteiger partial charge < -0.3 is 23.9 Å². The van der Waals surface area contributed by atoms with Gasteiger partial charge in [-0.25, -0.2) is 4.79 Å². The van der Waals surface area contributed by atoms with E-state index in [2.05, 4.69) is 65.2 Å². The number of hydrogen-bond donors (Lipinski definition) is 2. The third kappa shape index (κ3) is 5.18. The lowest BCUT2D eigenvalue weighted by Crippen LogP contribution is -2.46. The van der Waals surface area contributed by atoms with E-state index in [0.29, 0.717) is 39.0 Å². The normalized spacial score (nSPS) is 12.1. The third-order valence-electron chi connectivity index (χ3n) is 6.10. The minimum absolute atomic E-state index is 0.179. The molecule has 0 atom stereocenters. The molecule has 0 aliphatic heterocycles. The van der Waals surface area contributed by atoms with Gasteiger partial charge in [-0.15, -0.1) is 0 Å². The van der Waals surface area contributed by atoms with Gasteiger partial charge in [-0.1, -0.05) is 54.6 Å². The molecule has 0 heterocycles. The predicted octanol–water partition coefficient (Wildman–Crippen LogP) is 5.82. The van der Waals surface area contributed by atoms with E-state index >= 15 is 0 Å². The van der Waals surface area contributed by atoms with E-state index in [4.69, 9.17) is 13.3 Å². The molecule has 0 aliphatic rings. The van der Waals surface area contributed by atoms with Crippen molar-refractivity contribution in [2.45, 2.75) is 39.8 Å². The zero-order valence-corrected chi connectivity index (χ0v) is 21.3. The van der Waals surface area contributed by atoms with Crippen LogP contribution in [0, 0.1) is 0 Å². The van der Waals surface area contributed by atoms with Gasteiger partial charge in [0.25, 0.3) is 0 Å². The van der Waals surface area contributed by atoms with Crippen molar-refractivity contribution in [1.82, 2.24) is 10.6 Å². The molecule has 0 aromatic heterocycles. The number of nitrogens with one attached hydrogen (secondary N) is 2. The fraction of sp³-hybridized carbons (Fsp3) is 0.370. The van der Waals surface area contributed by atoms with Crippen molar-refractivity contribution in [3.05, 3.63) is 60.2 Å². The molecule has 0 unspecified atom stereocenters. The van der Waals surface area contributed by atoms with Crippen LogP contribution in [-0.4, -0.2) is 41.2 Å². The summed E-state index contributed by atoms with van der Waals surface area (Å²) in [6.45, 7) is 8.51. The van der Waals surface area contributed by atoms with Crippen LogP contribution in [0.15, 0.2) is 54.6 Å². The first-order valence-corrected chi connectivity index (χ1v) is 14.1. The molecule has 2 N–H and O–H groups in total. The summed E-state index contributed by atoms with van der Waals surface area (Å²) in [6.07, 6.45) is 0.734. The fourth-order valence-corrected chi connectivity index (χ4v) is 7.31. The Morgan fingerprint density at radius 2 is 1.35 bits per heavy atom. The van der Waals surface area contributed by atoms with Gasteiger partial charge in [-0.3, -0.25) is 0 Å². The lowest BCUT2D eigenvalue weighted by molar-refractivity contribution is 0.0708. The summed E-state index contributed by atoms with van der Waals surface area (Å²) in [4.78, 5) is 12.5. The maximum atomic E-state index is 12.5. The molecule has 0 fully saturated rings. The Morgan fingerprint density at radius 3 is 2.00 bits per heavy atom. The molecule has 4 aromatic carbocycles. The highest BCUT2D eigenvalue weighted by molar-refractivity contribution is 6.60. The number of amides is 2. The molecule has 0 radical (unpaired) electrons. The second-order valence-electron chi connectivity index (χ2n) is 8.28. The lowest BCUT2D eigenvalue weighted by atomic mass is 9.92. The Hall–Kier alpha value is -2.71. The molecule has 6 nitrogen and oxygen atoms in total. The lowest BCUT2D eigenvalue weighted by Gasteiger charge is -2.28. The van der Waals surface area contributed by atoms with Crippen molar-refractivity contribution in [1.29, 1.82) is 0 Å². The number of urea groups is 1. The van der Waals surface area contributed by atoms with Crippen molar-refractivity contribution < 1.29 is 18.1 Å². The number of carbonyl (C=O) groups excluding carboxylic acids is 1. The van der Waals surface area contributed by atoms with Gasteiger partial charge in [0.15, 0.2) is 0 Å². The van der Waals surface area contributed by atoms with Gasteiger partial charge in [0.1, 0.15) is 0 Å². The molecule has 0 bridgehead atoms. The Labute approximate surface area is 202 Å². The fourth-order valence-electron chi connectivity index (χ4n) is 4.70. The van der Waals surface area contributed by atoms with Crippen LogP contribution >= 0.6 is 0 Å². The van der Waals surface area contributed by atoms with Crippen LogP contribution in [0.3, 0.4) is 0 Å². The predicted molar refractivity (Wildman–Crippen MR) is 140 cm³/mol. The zero-order valence-electron chi connectivity index (χ0n) is 20.3. The molecule has 34 heavy (non-hydrogen) atoms. The van der Waals surface area contributed by atoms with Gasteiger partial charge in [0.05, 0.1) is 0 Å². The highest BCUT2D eigenvalue weighted by atomic mass is 28.4. The van der Waals surface area contributed by atoms with Gasteiger partial charge in [-0.05, 0) is 65.1 Å². The van der Waals surface area contributed by atoms with E-state index in [-0.39, 0.29) is 6.03 Å². The largest absolute Gasteiger partial charge is 0.500 e. The topological polar surface area (TPSA) is 68.8 Å². The van der Waals surface area contributed by atoms with Crippen LogP contribution in [0.25, 0.3) is 32.3 Å². The van der Waals surface area contributed by atoms with E-state index in [0.717, 1.165) is 12.0 Å². The second kappa shape index (κ2) is 11.1.